The van der Waals surface area contributed by atoms with Crippen LogP contribution in [0.5, 0.6) is 0 Å². The number of hydrogen-bond donors (Lipinski definition) is 2. The second kappa shape index (κ2) is 6.58. The van der Waals surface area contributed by atoms with Gasteiger partial charge in [-0.15, -0.1) is 0 Å². The Morgan fingerprint density at radius 1 is 1.10 bits per heavy atom. The first-order valence-electron chi connectivity index (χ1n) is 6.74. The lowest BCUT2D eigenvalue weighted by atomic mass is 10.1. The molecule has 0 radical (unpaired) electrons. The number of hydrogen-bond acceptors (Lipinski definition) is 4. The van der Waals surface area contributed by atoms with Crippen LogP contribution in [-0.4, -0.2) is 19.2 Å². The van der Waals surface area contributed by atoms with Crippen LogP contribution >= 0.6 is 0 Å². The molecule has 2 N–H and O–H groups in total. The van der Waals surface area contributed by atoms with Crippen LogP contribution in [0.2, 0.25) is 0 Å². The number of nitrogens with zero attached hydrogens (tertiary/aromatic N) is 1. The lowest BCUT2D eigenvalue weighted by molar-refractivity contribution is 0.602. The molecule has 112 valence electrons. The van der Waals surface area contributed by atoms with E-state index < -0.39 is 10.0 Å². The summed E-state index contributed by atoms with van der Waals surface area (Å²) >= 11 is 0. The summed E-state index contributed by atoms with van der Waals surface area (Å²) in [7, 11) is -3.22. The van der Waals surface area contributed by atoms with E-state index in [-0.39, 0.29) is 5.75 Å². The standard InChI is InChI=1S/C15H19N3O2S/c1-3-21(19,20)18-15-6-4-14(5-7-15)17-11-13-10-16-9-8-12(13)2/h4-10,17-18H,3,11H2,1-2H3. The first kappa shape index (κ1) is 15.3. The molecule has 6 heteroatoms. The predicted octanol–water partition coefficient (Wildman–Crippen LogP) is 2.76. The normalized spacial score (nSPS) is 11.1. The van der Waals surface area contributed by atoms with Gasteiger partial charge in [0, 0.05) is 30.3 Å². The van der Waals surface area contributed by atoms with E-state index in [4.69, 9.17) is 0 Å². The second-order valence-electron chi connectivity index (χ2n) is 4.74. The van der Waals surface area contributed by atoms with Gasteiger partial charge in [0.1, 0.15) is 0 Å². The Kier molecular flexibility index (Phi) is 4.80. The average molecular weight is 305 g/mol. The molecule has 2 rings (SSSR count). The number of anilines is 2. The smallest absolute Gasteiger partial charge is 0.232 e. The van der Waals surface area contributed by atoms with Crippen molar-refractivity contribution in [2.45, 2.75) is 20.4 Å². The Morgan fingerprint density at radius 3 is 2.38 bits per heavy atom. The van der Waals surface area contributed by atoms with E-state index in [1.807, 2.05) is 31.3 Å². The molecule has 0 unspecified atom stereocenters. The molecule has 0 aliphatic carbocycles. The third-order valence-corrected chi connectivity index (χ3v) is 4.48. The quantitative estimate of drug-likeness (QED) is 0.861. The third-order valence-electron chi connectivity index (χ3n) is 3.17. The Balaban J connectivity index is 1.98. The molecular weight excluding hydrogens is 286 g/mol. The van der Waals surface area contributed by atoms with Gasteiger partial charge in [-0.1, -0.05) is 0 Å². The Bertz CT molecular complexity index is 697. The molecule has 1 heterocycles. The van der Waals surface area contributed by atoms with Crippen LogP contribution in [0.1, 0.15) is 18.1 Å². The summed E-state index contributed by atoms with van der Waals surface area (Å²) in [5, 5.41) is 3.29. The van der Waals surface area contributed by atoms with Gasteiger partial charge >= 0.3 is 0 Å². The van der Waals surface area contributed by atoms with Crippen LogP contribution in [0, 0.1) is 6.92 Å². The number of aromatic nitrogens is 1. The van der Waals surface area contributed by atoms with Crippen LogP contribution in [0.3, 0.4) is 0 Å². The van der Waals surface area contributed by atoms with Crippen molar-refractivity contribution in [1.82, 2.24) is 4.98 Å². The molecule has 0 fully saturated rings. The number of benzene rings is 1. The number of aryl methyl sites for hydroxylation is 1. The van der Waals surface area contributed by atoms with Crippen molar-refractivity contribution in [2.24, 2.45) is 0 Å². The van der Waals surface area contributed by atoms with E-state index in [9.17, 15) is 8.42 Å². The largest absolute Gasteiger partial charge is 0.381 e. The molecule has 0 atom stereocenters. The highest BCUT2D eigenvalue weighted by Crippen LogP contribution is 2.16. The van der Waals surface area contributed by atoms with Gasteiger partial charge < -0.3 is 5.32 Å². The van der Waals surface area contributed by atoms with Crippen LogP contribution < -0.4 is 10.0 Å². The lowest BCUT2D eigenvalue weighted by Crippen LogP contribution is -2.14. The predicted molar refractivity (Wildman–Crippen MR) is 85.8 cm³/mol. The Labute approximate surface area is 125 Å². The molecule has 1 aromatic carbocycles. The van der Waals surface area contributed by atoms with Crippen molar-refractivity contribution < 1.29 is 8.42 Å². The van der Waals surface area contributed by atoms with Crippen molar-refractivity contribution in [1.29, 1.82) is 0 Å². The zero-order valence-corrected chi connectivity index (χ0v) is 12.9. The third kappa shape index (κ3) is 4.46. The van der Waals surface area contributed by atoms with Gasteiger partial charge in [-0.3, -0.25) is 9.71 Å². The van der Waals surface area contributed by atoms with Gasteiger partial charge in [-0.25, -0.2) is 8.42 Å². The first-order chi connectivity index (χ1) is 10.00. The molecule has 0 amide bonds. The van der Waals surface area contributed by atoms with Crippen LogP contribution in [0.4, 0.5) is 11.4 Å². The molecule has 5 nitrogen and oxygen atoms in total. The van der Waals surface area contributed by atoms with Crippen molar-refractivity contribution in [3.05, 3.63) is 53.9 Å². The summed E-state index contributed by atoms with van der Waals surface area (Å²) in [5.74, 6) is 0.0628. The maximum Gasteiger partial charge on any atom is 0.232 e. The molecule has 0 aliphatic rings. The van der Waals surface area contributed by atoms with Gasteiger partial charge in [0.05, 0.1) is 5.75 Å². The highest BCUT2D eigenvalue weighted by atomic mass is 32.2. The summed E-state index contributed by atoms with van der Waals surface area (Å²) in [6, 6.07) is 9.15. The highest BCUT2D eigenvalue weighted by molar-refractivity contribution is 7.92. The molecule has 0 spiro atoms. The first-order valence-corrected chi connectivity index (χ1v) is 8.39. The summed E-state index contributed by atoms with van der Waals surface area (Å²) in [5.41, 5.74) is 3.82. The SMILES string of the molecule is CCS(=O)(=O)Nc1ccc(NCc2cnccc2C)cc1. The summed E-state index contributed by atoms with van der Waals surface area (Å²) < 4.78 is 25.4. The molecule has 0 saturated carbocycles. The number of pyridine rings is 1. The van der Waals surface area contributed by atoms with Crippen LogP contribution in [-0.2, 0) is 16.6 Å². The van der Waals surface area contributed by atoms with Crippen LogP contribution in [0.25, 0.3) is 0 Å². The number of sulfonamides is 1. The number of nitrogens with one attached hydrogen (secondary N) is 2. The molecule has 1 aromatic heterocycles. The maximum absolute atomic E-state index is 11.5. The Morgan fingerprint density at radius 2 is 1.76 bits per heavy atom. The van der Waals surface area contributed by atoms with Gasteiger partial charge in [0.25, 0.3) is 0 Å². The van der Waals surface area contributed by atoms with E-state index in [1.165, 1.54) is 5.56 Å². The van der Waals surface area contributed by atoms with Gasteiger partial charge in [0.2, 0.25) is 10.0 Å². The zero-order valence-electron chi connectivity index (χ0n) is 12.1. The van der Waals surface area contributed by atoms with Crippen molar-refractivity contribution in [3.63, 3.8) is 0 Å². The van der Waals surface area contributed by atoms with Crippen molar-refractivity contribution in [2.75, 3.05) is 15.8 Å². The van der Waals surface area contributed by atoms with Gasteiger partial charge in [-0.05, 0) is 55.3 Å². The fourth-order valence-corrected chi connectivity index (χ4v) is 2.43. The van der Waals surface area contributed by atoms with E-state index in [1.54, 1.807) is 25.3 Å². The minimum atomic E-state index is -3.22. The Hall–Kier alpha value is -2.08. The van der Waals surface area contributed by atoms with E-state index >= 15 is 0 Å². The summed E-state index contributed by atoms with van der Waals surface area (Å²) in [4.78, 5) is 4.10. The topological polar surface area (TPSA) is 71.1 Å². The molecule has 21 heavy (non-hydrogen) atoms. The van der Waals surface area contributed by atoms with E-state index in [0.717, 1.165) is 11.3 Å². The molecular formula is C15H19N3O2S. The lowest BCUT2D eigenvalue weighted by Gasteiger charge is -2.10. The average Bonchev–Trinajstić information content (AvgIpc) is 2.48. The van der Waals surface area contributed by atoms with Gasteiger partial charge in [0.15, 0.2) is 0 Å². The van der Waals surface area contributed by atoms with E-state index in [2.05, 4.69) is 15.0 Å². The highest BCUT2D eigenvalue weighted by Gasteiger charge is 2.06. The van der Waals surface area contributed by atoms with Crippen molar-refractivity contribution in [3.8, 4) is 0 Å². The second-order valence-corrected chi connectivity index (χ2v) is 6.75. The fraction of sp³-hybridized carbons (Fsp3) is 0.267. The maximum atomic E-state index is 11.5. The molecule has 2 aromatic rings. The zero-order chi connectivity index (χ0) is 15.3. The molecule has 0 saturated heterocycles. The molecule has 0 bridgehead atoms. The van der Waals surface area contributed by atoms with Crippen LogP contribution in [0.15, 0.2) is 42.7 Å². The van der Waals surface area contributed by atoms with Crippen molar-refractivity contribution >= 4 is 21.4 Å². The number of rotatable bonds is 6. The summed E-state index contributed by atoms with van der Waals surface area (Å²) in [6.07, 6.45) is 3.61. The van der Waals surface area contributed by atoms with E-state index in [0.29, 0.717) is 12.2 Å². The fourth-order valence-electron chi connectivity index (χ4n) is 1.79. The molecule has 0 aliphatic heterocycles. The van der Waals surface area contributed by atoms with Gasteiger partial charge in [-0.2, -0.15) is 0 Å². The summed E-state index contributed by atoms with van der Waals surface area (Å²) in [6.45, 7) is 4.33. The minimum absolute atomic E-state index is 0.0628. The minimum Gasteiger partial charge on any atom is -0.381 e. The monoisotopic (exact) mass is 305 g/mol.